The lowest BCUT2D eigenvalue weighted by Crippen LogP contribution is -1.97. The number of fused-ring (bicyclic) bond motifs is 1. The van der Waals surface area contributed by atoms with Crippen LogP contribution in [-0.2, 0) is 5.75 Å². The molecule has 1 N–H and O–H groups in total. The fourth-order valence-corrected chi connectivity index (χ4v) is 4.12. The van der Waals surface area contributed by atoms with Gasteiger partial charge in [0.2, 0.25) is 0 Å². The number of aromatic nitrogens is 2. The van der Waals surface area contributed by atoms with Crippen LogP contribution in [0.5, 0.6) is 0 Å². The van der Waals surface area contributed by atoms with Crippen molar-refractivity contribution in [1.82, 2.24) is 9.97 Å². The van der Waals surface area contributed by atoms with Crippen molar-refractivity contribution in [3.05, 3.63) is 52.7 Å². The van der Waals surface area contributed by atoms with E-state index in [1.807, 2.05) is 37.3 Å². The van der Waals surface area contributed by atoms with Crippen molar-refractivity contribution in [2.24, 2.45) is 0 Å². The molecule has 0 aliphatic carbocycles. The summed E-state index contributed by atoms with van der Waals surface area (Å²) in [4.78, 5) is 20.4. The maximum atomic E-state index is 11.4. The number of hydrogen-bond acceptors (Lipinski definition) is 5. The summed E-state index contributed by atoms with van der Waals surface area (Å²) >= 11 is 2.78. The van der Waals surface area contributed by atoms with Crippen LogP contribution in [0.1, 0.15) is 20.9 Å². The van der Waals surface area contributed by atoms with Crippen LogP contribution in [0.3, 0.4) is 0 Å². The molecule has 21 heavy (non-hydrogen) atoms. The number of carbonyl (C=O) groups is 1. The summed E-state index contributed by atoms with van der Waals surface area (Å²) < 4.78 is 0.996. The zero-order valence-electron chi connectivity index (χ0n) is 11.2. The van der Waals surface area contributed by atoms with Gasteiger partial charge in [-0.2, -0.15) is 0 Å². The maximum Gasteiger partial charge on any atom is 0.346 e. The molecule has 0 amide bonds. The van der Waals surface area contributed by atoms with Gasteiger partial charge in [0.15, 0.2) is 5.16 Å². The van der Waals surface area contributed by atoms with Crippen LogP contribution in [0.15, 0.2) is 41.7 Å². The van der Waals surface area contributed by atoms with Crippen LogP contribution in [0, 0.1) is 6.92 Å². The third-order valence-electron chi connectivity index (χ3n) is 3.01. The summed E-state index contributed by atoms with van der Waals surface area (Å²) in [6.45, 7) is 1.91. The summed E-state index contributed by atoms with van der Waals surface area (Å²) in [6.07, 6.45) is 1.72. The fraction of sp³-hybridized carbons (Fsp3) is 0.133. The first-order valence-corrected chi connectivity index (χ1v) is 8.11. The molecule has 3 aromatic rings. The molecule has 0 radical (unpaired) electrons. The van der Waals surface area contributed by atoms with Gasteiger partial charge in [-0.1, -0.05) is 30.0 Å². The zero-order chi connectivity index (χ0) is 14.8. The molecule has 0 saturated heterocycles. The molecule has 0 unspecified atom stereocenters. The molecule has 3 rings (SSSR count). The van der Waals surface area contributed by atoms with E-state index in [1.54, 1.807) is 6.20 Å². The molecule has 0 aliphatic heterocycles. The van der Waals surface area contributed by atoms with Crippen molar-refractivity contribution in [2.45, 2.75) is 17.8 Å². The van der Waals surface area contributed by atoms with Crippen LogP contribution >= 0.6 is 23.1 Å². The van der Waals surface area contributed by atoms with E-state index in [4.69, 9.17) is 0 Å². The SMILES string of the molecule is Cc1ccnc(SCc2c(C(=O)O)sc3ccccc23)n1. The molecule has 0 atom stereocenters. The normalized spacial score (nSPS) is 10.9. The smallest absolute Gasteiger partial charge is 0.346 e. The lowest BCUT2D eigenvalue weighted by molar-refractivity contribution is 0.0701. The minimum Gasteiger partial charge on any atom is -0.477 e. The highest BCUT2D eigenvalue weighted by molar-refractivity contribution is 7.98. The number of rotatable bonds is 4. The van der Waals surface area contributed by atoms with E-state index in [9.17, 15) is 9.90 Å². The minimum atomic E-state index is -0.878. The highest BCUT2D eigenvalue weighted by Crippen LogP contribution is 2.34. The van der Waals surface area contributed by atoms with Crippen LogP contribution in [0.25, 0.3) is 10.1 Å². The number of hydrogen-bond donors (Lipinski definition) is 1. The molecule has 0 saturated carbocycles. The van der Waals surface area contributed by atoms with Crippen molar-refractivity contribution < 1.29 is 9.90 Å². The first kappa shape index (κ1) is 14.0. The van der Waals surface area contributed by atoms with E-state index in [-0.39, 0.29) is 0 Å². The number of carboxylic acids is 1. The highest BCUT2D eigenvalue weighted by atomic mass is 32.2. The number of thioether (sulfide) groups is 1. The molecule has 4 nitrogen and oxygen atoms in total. The predicted octanol–water partition coefficient (Wildman–Crippen LogP) is 3.99. The monoisotopic (exact) mass is 316 g/mol. The van der Waals surface area contributed by atoms with Gasteiger partial charge in [0.05, 0.1) is 0 Å². The molecule has 106 valence electrons. The zero-order valence-corrected chi connectivity index (χ0v) is 12.9. The Morgan fingerprint density at radius 3 is 2.90 bits per heavy atom. The van der Waals surface area contributed by atoms with Gasteiger partial charge in [-0.3, -0.25) is 0 Å². The number of benzene rings is 1. The number of thiophene rings is 1. The molecule has 1 aromatic carbocycles. The van der Waals surface area contributed by atoms with Gasteiger partial charge >= 0.3 is 5.97 Å². The number of aryl methyl sites for hydroxylation is 1. The van der Waals surface area contributed by atoms with Gasteiger partial charge < -0.3 is 5.11 Å². The van der Waals surface area contributed by atoms with Crippen LogP contribution in [0.2, 0.25) is 0 Å². The molecule has 0 fully saturated rings. The second-order valence-corrected chi connectivity index (χ2v) is 6.48. The van der Waals surface area contributed by atoms with Crippen LogP contribution in [-0.4, -0.2) is 21.0 Å². The van der Waals surface area contributed by atoms with E-state index in [2.05, 4.69) is 9.97 Å². The quantitative estimate of drug-likeness (QED) is 0.582. The van der Waals surface area contributed by atoms with Gasteiger partial charge in [0, 0.05) is 22.3 Å². The minimum absolute atomic E-state index is 0.399. The van der Waals surface area contributed by atoms with Gasteiger partial charge in [-0.05, 0) is 30.0 Å². The Morgan fingerprint density at radius 1 is 1.33 bits per heavy atom. The fourth-order valence-electron chi connectivity index (χ4n) is 2.05. The first-order valence-electron chi connectivity index (χ1n) is 6.31. The number of aromatic carboxylic acids is 1. The van der Waals surface area contributed by atoms with Crippen molar-refractivity contribution in [3.63, 3.8) is 0 Å². The lowest BCUT2D eigenvalue weighted by atomic mass is 10.1. The van der Waals surface area contributed by atoms with Crippen molar-refractivity contribution >= 4 is 39.2 Å². The molecule has 6 heteroatoms. The molecular formula is C15H12N2O2S2. The third kappa shape index (κ3) is 2.91. The Morgan fingerprint density at radius 2 is 2.14 bits per heavy atom. The average Bonchev–Trinajstić information content (AvgIpc) is 2.84. The Balaban J connectivity index is 1.95. The molecule has 0 bridgehead atoms. The van der Waals surface area contributed by atoms with E-state index >= 15 is 0 Å². The summed E-state index contributed by atoms with van der Waals surface area (Å²) in [5.41, 5.74) is 1.75. The molecular weight excluding hydrogens is 304 g/mol. The summed E-state index contributed by atoms with van der Waals surface area (Å²) in [5.74, 6) is -0.327. The van der Waals surface area contributed by atoms with E-state index in [0.29, 0.717) is 15.8 Å². The molecule has 0 spiro atoms. The Hall–Kier alpha value is -1.92. The van der Waals surface area contributed by atoms with Crippen LogP contribution in [0.4, 0.5) is 0 Å². The maximum absolute atomic E-state index is 11.4. The highest BCUT2D eigenvalue weighted by Gasteiger charge is 2.17. The lowest BCUT2D eigenvalue weighted by Gasteiger charge is -2.02. The predicted molar refractivity (Wildman–Crippen MR) is 85.1 cm³/mol. The largest absolute Gasteiger partial charge is 0.477 e. The van der Waals surface area contributed by atoms with E-state index in [0.717, 1.165) is 21.3 Å². The number of carboxylic acid groups (broad SMARTS) is 1. The molecule has 0 aliphatic rings. The van der Waals surface area contributed by atoms with Gasteiger partial charge in [0.1, 0.15) is 4.88 Å². The Bertz CT molecular complexity index is 814. The summed E-state index contributed by atoms with van der Waals surface area (Å²) in [7, 11) is 0. The third-order valence-corrected chi connectivity index (χ3v) is 5.10. The van der Waals surface area contributed by atoms with Gasteiger partial charge in [0.25, 0.3) is 0 Å². The van der Waals surface area contributed by atoms with E-state index < -0.39 is 5.97 Å². The van der Waals surface area contributed by atoms with Crippen molar-refractivity contribution in [2.75, 3.05) is 0 Å². The standard InChI is InChI=1S/C15H12N2O2S2/c1-9-6-7-16-15(17-9)20-8-11-10-4-2-3-5-12(10)21-13(11)14(18)19/h2-7H,8H2,1H3,(H,18,19). The van der Waals surface area contributed by atoms with Crippen molar-refractivity contribution in [3.8, 4) is 0 Å². The summed E-state index contributed by atoms with van der Waals surface area (Å²) in [5, 5.41) is 11.0. The topological polar surface area (TPSA) is 63.1 Å². The average molecular weight is 316 g/mol. The van der Waals surface area contributed by atoms with Crippen LogP contribution < -0.4 is 0 Å². The number of nitrogens with zero attached hydrogens (tertiary/aromatic N) is 2. The molecule has 2 heterocycles. The van der Waals surface area contributed by atoms with Gasteiger partial charge in [-0.25, -0.2) is 14.8 Å². The molecule has 2 aromatic heterocycles. The second kappa shape index (κ2) is 5.83. The Kier molecular flexibility index (Phi) is 3.90. The first-order chi connectivity index (χ1) is 10.1. The van der Waals surface area contributed by atoms with Crippen molar-refractivity contribution in [1.29, 1.82) is 0 Å². The van der Waals surface area contributed by atoms with E-state index in [1.165, 1.54) is 23.1 Å². The Labute approximate surface area is 129 Å². The van der Waals surface area contributed by atoms with Gasteiger partial charge in [-0.15, -0.1) is 11.3 Å². The summed E-state index contributed by atoms with van der Waals surface area (Å²) in [6, 6.07) is 9.60. The second-order valence-electron chi connectivity index (χ2n) is 4.48.